The van der Waals surface area contributed by atoms with Crippen molar-refractivity contribution in [3.8, 4) is 11.5 Å². The van der Waals surface area contributed by atoms with Crippen molar-refractivity contribution >= 4 is 17.2 Å². The summed E-state index contributed by atoms with van der Waals surface area (Å²) in [5.41, 5.74) is 0.950. The van der Waals surface area contributed by atoms with E-state index in [1.807, 2.05) is 36.6 Å². The Kier molecular flexibility index (Phi) is 6.43. The zero-order valence-corrected chi connectivity index (χ0v) is 14.3. The molecule has 0 aliphatic heterocycles. The van der Waals surface area contributed by atoms with Gasteiger partial charge in [0, 0.05) is 7.11 Å². The summed E-state index contributed by atoms with van der Waals surface area (Å²) < 4.78 is 15.9. The molecule has 2 rings (SSSR count). The molecule has 23 heavy (non-hydrogen) atoms. The summed E-state index contributed by atoms with van der Waals surface area (Å²) in [5.74, 6) is 1.22. The highest BCUT2D eigenvalue weighted by Gasteiger charge is 2.14. The maximum atomic E-state index is 12.1. The molecule has 0 saturated carbocycles. The normalized spacial score (nSPS) is 11.8. The van der Waals surface area contributed by atoms with Crippen molar-refractivity contribution in [1.82, 2.24) is 5.32 Å². The van der Waals surface area contributed by atoms with Gasteiger partial charge in [0.05, 0.1) is 24.6 Å². The third-order valence-corrected chi connectivity index (χ3v) is 4.19. The fourth-order valence-corrected chi connectivity index (χ4v) is 2.69. The Labute approximate surface area is 140 Å². The van der Waals surface area contributed by atoms with Crippen molar-refractivity contribution in [2.75, 3.05) is 27.4 Å². The van der Waals surface area contributed by atoms with Crippen molar-refractivity contribution < 1.29 is 19.0 Å². The number of carbonyl (C=O) groups is 1. The van der Waals surface area contributed by atoms with E-state index in [0.29, 0.717) is 29.6 Å². The fourth-order valence-electron chi connectivity index (χ4n) is 2.07. The molecule has 0 fully saturated rings. The Bertz CT molecular complexity index is 628. The van der Waals surface area contributed by atoms with Gasteiger partial charge < -0.3 is 19.5 Å². The molecule has 1 atom stereocenters. The van der Waals surface area contributed by atoms with E-state index in [1.54, 1.807) is 20.3 Å². The lowest BCUT2D eigenvalue weighted by Gasteiger charge is -2.17. The van der Waals surface area contributed by atoms with Gasteiger partial charge in [0.2, 0.25) is 0 Å². The number of benzene rings is 1. The summed E-state index contributed by atoms with van der Waals surface area (Å²) in [7, 11) is 3.22. The van der Waals surface area contributed by atoms with E-state index in [2.05, 4.69) is 5.32 Å². The van der Waals surface area contributed by atoms with Gasteiger partial charge in [-0.3, -0.25) is 4.79 Å². The molecule has 0 aliphatic rings. The molecule has 0 spiro atoms. The van der Waals surface area contributed by atoms with Gasteiger partial charge in [-0.15, -0.1) is 11.3 Å². The van der Waals surface area contributed by atoms with Crippen molar-refractivity contribution in [2.45, 2.75) is 13.0 Å². The molecule has 1 unspecified atom stereocenters. The average Bonchev–Trinajstić information content (AvgIpc) is 3.09. The van der Waals surface area contributed by atoms with Crippen LogP contribution in [0, 0.1) is 0 Å². The molecule has 0 bridgehead atoms. The largest absolute Gasteiger partial charge is 0.493 e. The Morgan fingerprint density at radius 2 is 2.04 bits per heavy atom. The molecule has 2 aromatic rings. The number of methoxy groups -OCH3 is 2. The number of ether oxygens (including phenoxy) is 3. The predicted molar refractivity (Wildman–Crippen MR) is 90.6 cm³/mol. The van der Waals surface area contributed by atoms with Crippen LogP contribution in [0.4, 0.5) is 0 Å². The third-order valence-electron chi connectivity index (χ3n) is 3.33. The lowest BCUT2D eigenvalue weighted by atomic mass is 10.1. The Morgan fingerprint density at radius 1 is 1.22 bits per heavy atom. The highest BCUT2D eigenvalue weighted by atomic mass is 32.1. The Morgan fingerprint density at radius 3 is 2.70 bits per heavy atom. The van der Waals surface area contributed by atoms with Crippen LogP contribution in [0.1, 0.15) is 28.2 Å². The van der Waals surface area contributed by atoms with E-state index in [0.717, 1.165) is 5.56 Å². The summed E-state index contributed by atoms with van der Waals surface area (Å²) in [6, 6.07) is 9.18. The molecule has 1 amide bonds. The van der Waals surface area contributed by atoms with E-state index in [1.165, 1.54) is 11.3 Å². The van der Waals surface area contributed by atoms with Gasteiger partial charge in [0.15, 0.2) is 11.5 Å². The SMILES string of the molecule is COCCOc1ccc(C(C)NC(=O)c2cccs2)cc1OC. The molecular weight excluding hydrogens is 314 g/mol. The number of hydrogen-bond donors (Lipinski definition) is 1. The third kappa shape index (κ3) is 4.71. The zero-order valence-electron chi connectivity index (χ0n) is 13.5. The lowest BCUT2D eigenvalue weighted by Crippen LogP contribution is -2.25. The van der Waals surface area contributed by atoms with Crippen LogP contribution in [0.2, 0.25) is 0 Å². The number of hydrogen-bond acceptors (Lipinski definition) is 5. The highest BCUT2D eigenvalue weighted by Crippen LogP contribution is 2.30. The highest BCUT2D eigenvalue weighted by molar-refractivity contribution is 7.12. The summed E-state index contributed by atoms with van der Waals surface area (Å²) in [5, 5.41) is 4.86. The van der Waals surface area contributed by atoms with Crippen LogP contribution in [0.15, 0.2) is 35.7 Å². The predicted octanol–water partition coefficient (Wildman–Crippen LogP) is 3.27. The molecule has 1 heterocycles. The van der Waals surface area contributed by atoms with Crippen LogP contribution in [0.5, 0.6) is 11.5 Å². The average molecular weight is 335 g/mol. The van der Waals surface area contributed by atoms with Crippen molar-refractivity contribution in [3.63, 3.8) is 0 Å². The molecule has 1 aromatic heterocycles. The molecular formula is C17H21NO4S. The number of amides is 1. The first-order chi connectivity index (χ1) is 11.2. The Hall–Kier alpha value is -2.05. The van der Waals surface area contributed by atoms with Gasteiger partial charge in [-0.2, -0.15) is 0 Å². The van der Waals surface area contributed by atoms with E-state index in [9.17, 15) is 4.79 Å². The van der Waals surface area contributed by atoms with E-state index in [4.69, 9.17) is 14.2 Å². The molecule has 0 radical (unpaired) electrons. The minimum absolute atomic E-state index is 0.0770. The van der Waals surface area contributed by atoms with Crippen LogP contribution < -0.4 is 14.8 Å². The topological polar surface area (TPSA) is 56.8 Å². The van der Waals surface area contributed by atoms with E-state index in [-0.39, 0.29) is 11.9 Å². The van der Waals surface area contributed by atoms with Gasteiger partial charge in [-0.1, -0.05) is 12.1 Å². The second-order valence-corrected chi connectivity index (χ2v) is 5.87. The van der Waals surface area contributed by atoms with Gasteiger partial charge in [-0.05, 0) is 36.1 Å². The molecule has 6 heteroatoms. The second-order valence-electron chi connectivity index (χ2n) is 4.92. The smallest absolute Gasteiger partial charge is 0.261 e. The van der Waals surface area contributed by atoms with Crippen molar-refractivity contribution in [2.24, 2.45) is 0 Å². The van der Waals surface area contributed by atoms with Crippen molar-refractivity contribution in [1.29, 1.82) is 0 Å². The number of rotatable bonds is 8. The van der Waals surface area contributed by atoms with Crippen LogP contribution >= 0.6 is 11.3 Å². The van der Waals surface area contributed by atoms with Gasteiger partial charge in [0.1, 0.15) is 6.61 Å². The maximum absolute atomic E-state index is 12.1. The summed E-state index contributed by atoms with van der Waals surface area (Å²) in [4.78, 5) is 12.8. The van der Waals surface area contributed by atoms with Crippen LogP contribution in [0.3, 0.4) is 0 Å². The lowest BCUT2D eigenvalue weighted by molar-refractivity contribution is 0.0944. The quantitative estimate of drug-likeness (QED) is 0.752. The van der Waals surface area contributed by atoms with Gasteiger partial charge in [-0.25, -0.2) is 0 Å². The minimum atomic E-state index is -0.133. The van der Waals surface area contributed by atoms with Gasteiger partial charge in [0.25, 0.3) is 5.91 Å². The second kappa shape index (κ2) is 8.55. The first kappa shape index (κ1) is 17.3. The minimum Gasteiger partial charge on any atom is -0.493 e. The first-order valence-corrected chi connectivity index (χ1v) is 8.17. The van der Waals surface area contributed by atoms with Crippen LogP contribution in [-0.2, 0) is 4.74 Å². The zero-order chi connectivity index (χ0) is 16.7. The molecule has 124 valence electrons. The number of nitrogens with one attached hydrogen (secondary N) is 1. The van der Waals surface area contributed by atoms with E-state index < -0.39 is 0 Å². The molecule has 1 aromatic carbocycles. The van der Waals surface area contributed by atoms with Gasteiger partial charge >= 0.3 is 0 Å². The Balaban J connectivity index is 2.05. The summed E-state index contributed by atoms with van der Waals surface area (Å²) >= 11 is 1.42. The van der Waals surface area contributed by atoms with Crippen LogP contribution in [0.25, 0.3) is 0 Å². The number of thiophene rings is 1. The molecule has 0 aliphatic carbocycles. The fraction of sp³-hybridized carbons (Fsp3) is 0.353. The van der Waals surface area contributed by atoms with E-state index >= 15 is 0 Å². The standard InChI is InChI=1S/C17H21NO4S/c1-12(18-17(19)16-5-4-10-23-16)13-6-7-14(15(11-13)21-3)22-9-8-20-2/h4-7,10-12H,8-9H2,1-3H3,(H,18,19). The van der Waals surface area contributed by atoms with Crippen LogP contribution in [-0.4, -0.2) is 33.3 Å². The summed E-state index contributed by atoms with van der Waals surface area (Å²) in [6.07, 6.45) is 0. The monoisotopic (exact) mass is 335 g/mol. The maximum Gasteiger partial charge on any atom is 0.261 e. The molecule has 1 N–H and O–H groups in total. The van der Waals surface area contributed by atoms with Crippen molar-refractivity contribution in [3.05, 3.63) is 46.2 Å². The first-order valence-electron chi connectivity index (χ1n) is 7.29. The number of carbonyl (C=O) groups excluding carboxylic acids is 1. The summed E-state index contributed by atoms with van der Waals surface area (Å²) in [6.45, 7) is 2.90. The molecule has 5 nitrogen and oxygen atoms in total. The molecule has 0 saturated heterocycles.